The lowest BCUT2D eigenvalue weighted by Crippen LogP contribution is -2.28. The molecule has 0 spiro atoms. The molecule has 0 radical (unpaired) electrons. The predicted molar refractivity (Wildman–Crippen MR) is 53.1 cm³/mol. The van der Waals surface area contributed by atoms with Crippen molar-refractivity contribution in [1.82, 2.24) is 5.32 Å². The Morgan fingerprint density at radius 3 is 3.14 bits per heavy atom. The highest BCUT2D eigenvalue weighted by Crippen LogP contribution is 2.10. The number of ether oxygens (including phenoxy) is 2. The molecule has 0 aromatic heterocycles. The van der Waals surface area contributed by atoms with Crippen LogP contribution in [0.5, 0.6) is 0 Å². The summed E-state index contributed by atoms with van der Waals surface area (Å²) in [6.45, 7) is 4.69. The van der Waals surface area contributed by atoms with Crippen molar-refractivity contribution in [2.45, 2.75) is 32.3 Å². The summed E-state index contributed by atoms with van der Waals surface area (Å²) in [5.41, 5.74) is 0. The maximum atomic E-state index is 10.9. The van der Waals surface area contributed by atoms with Crippen LogP contribution >= 0.6 is 0 Å². The summed E-state index contributed by atoms with van der Waals surface area (Å²) in [5.74, 6) is -0.132. The van der Waals surface area contributed by atoms with E-state index >= 15 is 0 Å². The molecule has 1 N–H and O–H groups in total. The van der Waals surface area contributed by atoms with E-state index in [0.29, 0.717) is 25.7 Å². The van der Waals surface area contributed by atoms with E-state index in [1.165, 1.54) is 0 Å². The molecule has 1 unspecified atom stereocenters. The van der Waals surface area contributed by atoms with Crippen molar-refractivity contribution < 1.29 is 14.3 Å². The van der Waals surface area contributed by atoms with Gasteiger partial charge in [0.05, 0.1) is 19.1 Å². The maximum Gasteiger partial charge on any atom is 0.307 e. The van der Waals surface area contributed by atoms with Gasteiger partial charge in [0.15, 0.2) is 0 Å². The molecule has 1 aliphatic rings. The first-order chi connectivity index (χ1) is 6.83. The summed E-state index contributed by atoms with van der Waals surface area (Å²) in [6, 6.07) is 0. The Bertz CT molecular complexity index is 167. The largest absolute Gasteiger partial charge is 0.466 e. The third kappa shape index (κ3) is 4.58. The highest BCUT2D eigenvalue weighted by molar-refractivity contribution is 5.69. The van der Waals surface area contributed by atoms with Crippen LogP contribution < -0.4 is 5.32 Å². The first kappa shape index (κ1) is 11.5. The molecule has 1 heterocycles. The highest BCUT2D eigenvalue weighted by atomic mass is 16.5. The molecular weight excluding hydrogens is 182 g/mol. The van der Waals surface area contributed by atoms with Gasteiger partial charge < -0.3 is 14.8 Å². The van der Waals surface area contributed by atoms with Gasteiger partial charge in [-0.05, 0) is 19.8 Å². The van der Waals surface area contributed by atoms with Gasteiger partial charge in [0.1, 0.15) is 0 Å². The van der Waals surface area contributed by atoms with E-state index in [1.807, 2.05) is 6.92 Å². The number of carbonyl (C=O) groups excluding carboxylic acids is 1. The van der Waals surface area contributed by atoms with E-state index < -0.39 is 0 Å². The van der Waals surface area contributed by atoms with Crippen molar-refractivity contribution in [3.8, 4) is 0 Å². The molecule has 4 heteroatoms. The van der Waals surface area contributed by atoms with Crippen LogP contribution in [0.25, 0.3) is 0 Å². The van der Waals surface area contributed by atoms with Crippen LogP contribution in [0.2, 0.25) is 0 Å². The molecule has 0 saturated carbocycles. The summed E-state index contributed by atoms with van der Waals surface area (Å²) >= 11 is 0. The molecule has 14 heavy (non-hydrogen) atoms. The highest BCUT2D eigenvalue weighted by Gasteiger charge is 2.14. The molecule has 1 aliphatic heterocycles. The minimum atomic E-state index is -0.132. The third-order valence-electron chi connectivity index (χ3n) is 2.21. The molecule has 0 aromatic carbocycles. The van der Waals surface area contributed by atoms with Crippen LogP contribution in [0.4, 0.5) is 0 Å². The minimum absolute atomic E-state index is 0.132. The average molecular weight is 201 g/mol. The summed E-state index contributed by atoms with van der Waals surface area (Å²) in [4.78, 5) is 10.9. The van der Waals surface area contributed by atoms with Crippen LogP contribution in [-0.2, 0) is 14.3 Å². The number of nitrogens with one attached hydrogen (secondary N) is 1. The third-order valence-corrected chi connectivity index (χ3v) is 2.21. The number of esters is 1. The second-order valence-electron chi connectivity index (χ2n) is 3.39. The molecule has 1 rings (SSSR count). The van der Waals surface area contributed by atoms with Gasteiger partial charge in [0.2, 0.25) is 0 Å². The molecular formula is C10H19NO3. The summed E-state index contributed by atoms with van der Waals surface area (Å²) in [7, 11) is 0. The molecule has 4 nitrogen and oxygen atoms in total. The SMILES string of the molecule is CCOC(=O)CCNCC1CCCO1. The Balaban J connectivity index is 1.90. The monoisotopic (exact) mass is 201 g/mol. The Hall–Kier alpha value is -0.610. The molecule has 0 aromatic rings. The zero-order chi connectivity index (χ0) is 10.2. The van der Waals surface area contributed by atoms with Crippen LogP contribution in [-0.4, -0.2) is 38.4 Å². The van der Waals surface area contributed by atoms with E-state index in [9.17, 15) is 4.79 Å². The van der Waals surface area contributed by atoms with Crippen molar-refractivity contribution in [3.63, 3.8) is 0 Å². The fourth-order valence-electron chi connectivity index (χ4n) is 1.49. The van der Waals surface area contributed by atoms with E-state index in [4.69, 9.17) is 9.47 Å². The van der Waals surface area contributed by atoms with Crippen LogP contribution in [0.3, 0.4) is 0 Å². The standard InChI is InChI=1S/C10H19NO3/c1-2-13-10(12)5-6-11-8-9-4-3-7-14-9/h9,11H,2-8H2,1H3. The van der Waals surface area contributed by atoms with Crippen LogP contribution in [0.15, 0.2) is 0 Å². The summed E-state index contributed by atoms with van der Waals surface area (Å²) < 4.78 is 10.2. The first-order valence-corrected chi connectivity index (χ1v) is 5.31. The lowest BCUT2D eigenvalue weighted by Gasteiger charge is -2.09. The molecule has 0 aliphatic carbocycles. The smallest absolute Gasteiger partial charge is 0.307 e. The fraction of sp³-hybridized carbons (Fsp3) is 0.900. The Kier molecular flexibility index (Phi) is 5.56. The van der Waals surface area contributed by atoms with Crippen molar-refractivity contribution >= 4 is 5.97 Å². The second kappa shape index (κ2) is 6.79. The number of hydrogen-bond donors (Lipinski definition) is 1. The lowest BCUT2D eigenvalue weighted by molar-refractivity contribution is -0.143. The van der Waals surface area contributed by atoms with Crippen molar-refractivity contribution in [2.75, 3.05) is 26.3 Å². The zero-order valence-corrected chi connectivity index (χ0v) is 8.75. The predicted octanol–water partition coefficient (Wildman–Crippen LogP) is 0.708. The van der Waals surface area contributed by atoms with Gasteiger partial charge in [-0.2, -0.15) is 0 Å². The Labute approximate surface area is 85.0 Å². The molecule has 1 atom stereocenters. The van der Waals surface area contributed by atoms with Crippen LogP contribution in [0.1, 0.15) is 26.2 Å². The topological polar surface area (TPSA) is 47.6 Å². The maximum absolute atomic E-state index is 10.9. The average Bonchev–Trinajstić information content (AvgIpc) is 2.65. The van der Waals surface area contributed by atoms with E-state index in [-0.39, 0.29) is 5.97 Å². The molecule has 82 valence electrons. The van der Waals surface area contributed by atoms with E-state index in [1.54, 1.807) is 0 Å². The van der Waals surface area contributed by atoms with Gasteiger partial charge in [-0.15, -0.1) is 0 Å². The fourth-order valence-corrected chi connectivity index (χ4v) is 1.49. The number of hydrogen-bond acceptors (Lipinski definition) is 4. The van der Waals surface area contributed by atoms with Crippen molar-refractivity contribution in [2.24, 2.45) is 0 Å². The van der Waals surface area contributed by atoms with Gasteiger partial charge in [-0.1, -0.05) is 0 Å². The molecule has 0 amide bonds. The molecule has 0 bridgehead atoms. The van der Waals surface area contributed by atoms with Gasteiger partial charge in [0.25, 0.3) is 0 Å². The molecule has 1 fully saturated rings. The van der Waals surface area contributed by atoms with Crippen LogP contribution in [0, 0.1) is 0 Å². The molecule has 1 saturated heterocycles. The first-order valence-electron chi connectivity index (χ1n) is 5.31. The zero-order valence-electron chi connectivity index (χ0n) is 8.75. The number of carbonyl (C=O) groups is 1. The van der Waals surface area contributed by atoms with Gasteiger partial charge in [-0.25, -0.2) is 0 Å². The van der Waals surface area contributed by atoms with Gasteiger partial charge in [-0.3, -0.25) is 4.79 Å². The van der Waals surface area contributed by atoms with Crippen molar-refractivity contribution in [3.05, 3.63) is 0 Å². The summed E-state index contributed by atoms with van der Waals surface area (Å²) in [5, 5.41) is 3.19. The normalized spacial score (nSPS) is 21.1. The van der Waals surface area contributed by atoms with Gasteiger partial charge in [0, 0.05) is 19.7 Å². The van der Waals surface area contributed by atoms with Gasteiger partial charge >= 0.3 is 5.97 Å². The second-order valence-corrected chi connectivity index (χ2v) is 3.39. The minimum Gasteiger partial charge on any atom is -0.466 e. The summed E-state index contributed by atoms with van der Waals surface area (Å²) in [6.07, 6.45) is 3.08. The Morgan fingerprint density at radius 1 is 1.64 bits per heavy atom. The Morgan fingerprint density at radius 2 is 2.50 bits per heavy atom. The van der Waals surface area contributed by atoms with Crippen molar-refractivity contribution in [1.29, 1.82) is 0 Å². The number of rotatable bonds is 6. The quantitative estimate of drug-likeness (QED) is 0.508. The van der Waals surface area contributed by atoms with E-state index in [0.717, 1.165) is 26.0 Å². The van der Waals surface area contributed by atoms with E-state index in [2.05, 4.69) is 5.32 Å². The lowest BCUT2D eigenvalue weighted by atomic mass is 10.2.